The fourth-order valence-corrected chi connectivity index (χ4v) is 2.23. The minimum Gasteiger partial charge on any atom is -0.618 e. The van der Waals surface area contributed by atoms with Gasteiger partial charge in [0.25, 0.3) is 5.03 Å². The van der Waals surface area contributed by atoms with Crippen LogP contribution in [-0.2, 0) is 5.75 Å². The van der Waals surface area contributed by atoms with Crippen LogP contribution < -0.4 is 4.73 Å². The summed E-state index contributed by atoms with van der Waals surface area (Å²) < 4.78 is 0.855. The Bertz CT molecular complexity index is 546. The maximum absolute atomic E-state index is 11.4. The summed E-state index contributed by atoms with van der Waals surface area (Å²) in [6.07, 6.45) is 1.49. The molecule has 0 saturated heterocycles. The second-order valence-corrected chi connectivity index (χ2v) is 4.46. The average molecular weight is 242 g/mol. The summed E-state index contributed by atoms with van der Waals surface area (Å²) >= 11 is 1.48. The van der Waals surface area contributed by atoms with Gasteiger partial charge in [0.05, 0.1) is 11.6 Å². The molecular formula is C13H10N2OS. The molecule has 0 aliphatic carbocycles. The largest absolute Gasteiger partial charge is 0.618 e. The summed E-state index contributed by atoms with van der Waals surface area (Å²) in [5.41, 5.74) is 1.75. The lowest BCUT2D eigenvalue weighted by atomic mass is 10.2. The quantitative estimate of drug-likeness (QED) is 0.472. The van der Waals surface area contributed by atoms with Crippen molar-refractivity contribution in [2.24, 2.45) is 0 Å². The van der Waals surface area contributed by atoms with E-state index in [0.717, 1.165) is 16.0 Å². The van der Waals surface area contributed by atoms with Gasteiger partial charge in [-0.2, -0.15) is 9.99 Å². The Labute approximate surface area is 104 Å². The molecule has 1 aromatic heterocycles. The predicted octanol–water partition coefficient (Wildman–Crippen LogP) is 2.48. The molecule has 0 amide bonds. The number of nitrogens with zero attached hydrogens (tertiary/aromatic N) is 2. The number of rotatable bonds is 3. The van der Waals surface area contributed by atoms with Crippen LogP contribution in [-0.4, -0.2) is 0 Å². The van der Waals surface area contributed by atoms with Gasteiger partial charge in [0.1, 0.15) is 0 Å². The van der Waals surface area contributed by atoms with Crippen LogP contribution in [0.4, 0.5) is 0 Å². The van der Waals surface area contributed by atoms with Crippen molar-refractivity contribution in [2.75, 3.05) is 0 Å². The average Bonchev–Trinajstić information content (AvgIpc) is 2.38. The van der Waals surface area contributed by atoms with Crippen LogP contribution in [0.25, 0.3) is 0 Å². The van der Waals surface area contributed by atoms with E-state index in [4.69, 9.17) is 5.26 Å². The van der Waals surface area contributed by atoms with Gasteiger partial charge in [-0.05, 0) is 23.8 Å². The highest BCUT2D eigenvalue weighted by molar-refractivity contribution is 7.98. The van der Waals surface area contributed by atoms with Crippen molar-refractivity contribution in [1.82, 2.24) is 0 Å². The Morgan fingerprint density at radius 3 is 2.59 bits per heavy atom. The van der Waals surface area contributed by atoms with Gasteiger partial charge in [-0.25, -0.2) is 0 Å². The summed E-state index contributed by atoms with van der Waals surface area (Å²) in [5.74, 6) is 0.720. The minimum absolute atomic E-state index is 0.650. The fourth-order valence-electron chi connectivity index (χ4n) is 1.36. The van der Waals surface area contributed by atoms with Crippen LogP contribution in [0, 0.1) is 16.5 Å². The molecule has 0 N–H and O–H groups in total. The van der Waals surface area contributed by atoms with Crippen molar-refractivity contribution in [1.29, 1.82) is 5.26 Å². The van der Waals surface area contributed by atoms with E-state index in [1.165, 1.54) is 18.0 Å². The van der Waals surface area contributed by atoms with Gasteiger partial charge in [-0.3, -0.25) is 0 Å². The number of hydrogen-bond donors (Lipinski definition) is 0. The Morgan fingerprint density at radius 1 is 1.18 bits per heavy atom. The SMILES string of the molecule is N#Cc1ccc(CSc2cccc[n+]2[O-])cc1. The molecule has 84 valence electrons. The molecule has 1 aromatic carbocycles. The monoisotopic (exact) mass is 242 g/mol. The van der Waals surface area contributed by atoms with Crippen LogP contribution in [0.5, 0.6) is 0 Å². The van der Waals surface area contributed by atoms with Crippen molar-refractivity contribution in [3.63, 3.8) is 0 Å². The van der Waals surface area contributed by atoms with E-state index < -0.39 is 0 Å². The van der Waals surface area contributed by atoms with Crippen LogP contribution in [0.3, 0.4) is 0 Å². The zero-order chi connectivity index (χ0) is 12.1. The lowest BCUT2D eigenvalue weighted by molar-refractivity contribution is -0.645. The zero-order valence-electron chi connectivity index (χ0n) is 9.04. The molecule has 0 aliphatic rings. The highest BCUT2D eigenvalue weighted by Gasteiger charge is 2.04. The lowest BCUT2D eigenvalue weighted by Crippen LogP contribution is -2.27. The number of nitriles is 1. The van der Waals surface area contributed by atoms with Crippen molar-refractivity contribution < 1.29 is 4.73 Å². The first-order valence-corrected chi connectivity index (χ1v) is 6.08. The van der Waals surface area contributed by atoms with Crippen molar-refractivity contribution >= 4 is 11.8 Å². The highest BCUT2D eigenvalue weighted by Crippen LogP contribution is 2.19. The molecule has 17 heavy (non-hydrogen) atoms. The van der Waals surface area contributed by atoms with E-state index in [1.807, 2.05) is 18.2 Å². The molecule has 2 aromatic rings. The van der Waals surface area contributed by atoms with Crippen LogP contribution in [0.15, 0.2) is 53.7 Å². The molecule has 3 nitrogen and oxygen atoms in total. The number of hydrogen-bond acceptors (Lipinski definition) is 3. The van der Waals surface area contributed by atoms with E-state index in [0.29, 0.717) is 10.6 Å². The number of benzene rings is 1. The van der Waals surface area contributed by atoms with Crippen LogP contribution >= 0.6 is 11.8 Å². The molecule has 1 heterocycles. The first-order valence-electron chi connectivity index (χ1n) is 5.09. The number of thioether (sulfide) groups is 1. The summed E-state index contributed by atoms with van der Waals surface area (Å²) in [4.78, 5) is 0. The van der Waals surface area contributed by atoms with E-state index in [9.17, 15) is 5.21 Å². The third kappa shape index (κ3) is 2.99. The van der Waals surface area contributed by atoms with Crippen molar-refractivity contribution in [3.05, 3.63) is 65.0 Å². The van der Waals surface area contributed by atoms with Gasteiger partial charge < -0.3 is 5.21 Å². The third-order valence-electron chi connectivity index (χ3n) is 2.26. The molecular weight excluding hydrogens is 232 g/mol. The van der Waals surface area contributed by atoms with Gasteiger partial charge in [0.2, 0.25) is 0 Å². The van der Waals surface area contributed by atoms with E-state index in [-0.39, 0.29) is 0 Å². The normalized spacial score (nSPS) is 9.82. The van der Waals surface area contributed by atoms with Gasteiger partial charge >= 0.3 is 0 Å². The summed E-state index contributed by atoms with van der Waals surface area (Å²) in [6, 6.07) is 14.8. The number of aromatic nitrogens is 1. The zero-order valence-corrected chi connectivity index (χ0v) is 9.85. The Balaban J connectivity index is 2.03. The van der Waals surface area contributed by atoms with Crippen molar-refractivity contribution in [2.45, 2.75) is 10.8 Å². The minimum atomic E-state index is 0.650. The maximum atomic E-state index is 11.4. The summed E-state index contributed by atoms with van der Waals surface area (Å²) in [5, 5.41) is 20.7. The molecule has 4 heteroatoms. The standard InChI is InChI=1S/C13H10N2OS/c14-9-11-4-6-12(7-5-11)10-17-13-3-1-2-8-15(13)16/h1-8H,10H2. The molecule has 0 unspecified atom stereocenters. The summed E-state index contributed by atoms with van der Waals surface area (Å²) in [7, 11) is 0. The van der Waals surface area contributed by atoms with Gasteiger partial charge in [-0.15, -0.1) is 0 Å². The predicted molar refractivity (Wildman–Crippen MR) is 66.1 cm³/mol. The Kier molecular flexibility index (Phi) is 3.63. The molecule has 0 fully saturated rings. The molecule has 0 aliphatic heterocycles. The molecule has 0 saturated carbocycles. The van der Waals surface area contributed by atoms with E-state index >= 15 is 0 Å². The van der Waals surface area contributed by atoms with Crippen molar-refractivity contribution in [3.8, 4) is 6.07 Å². The topological polar surface area (TPSA) is 50.7 Å². The first kappa shape index (κ1) is 11.5. The Hall–Kier alpha value is -1.99. The molecule has 0 spiro atoms. The van der Waals surface area contributed by atoms with Gasteiger partial charge in [0, 0.05) is 17.9 Å². The fraction of sp³-hybridized carbons (Fsp3) is 0.0769. The summed E-state index contributed by atoms with van der Waals surface area (Å²) in [6.45, 7) is 0. The van der Waals surface area contributed by atoms with E-state index in [2.05, 4.69) is 6.07 Å². The third-order valence-corrected chi connectivity index (χ3v) is 3.35. The first-order chi connectivity index (χ1) is 8.29. The lowest BCUT2D eigenvalue weighted by Gasteiger charge is -2.03. The molecule has 0 bridgehead atoms. The maximum Gasteiger partial charge on any atom is 0.251 e. The molecule has 2 rings (SSSR count). The molecule has 0 atom stereocenters. The van der Waals surface area contributed by atoms with Crippen LogP contribution in [0.2, 0.25) is 0 Å². The van der Waals surface area contributed by atoms with Gasteiger partial charge in [0.15, 0.2) is 6.20 Å². The smallest absolute Gasteiger partial charge is 0.251 e. The second kappa shape index (κ2) is 5.37. The highest BCUT2D eigenvalue weighted by atomic mass is 32.2. The van der Waals surface area contributed by atoms with Crippen LogP contribution in [0.1, 0.15) is 11.1 Å². The number of pyridine rings is 1. The van der Waals surface area contributed by atoms with E-state index in [1.54, 1.807) is 24.3 Å². The Morgan fingerprint density at radius 2 is 1.94 bits per heavy atom. The van der Waals surface area contributed by atoms with Gasteiger partial charge in [-0.1, -0.05) is 23.9 Å². The molecule has 0 radical (unpaired) electrons. The second-order valence-electron chi connectivity index (χ2n) is 3.46.